The van der Waals surface area contributed by atoms with Crippen molar-refractivity contribution in [3.63, 3.8) is 0 Å². The maximum absolute atomic E-state index is 11.0. The molecule has 100 valence electrons. The molecule has 0 aliphatic heterocycles. The Morgan fingerprint density at radius 1 is 1.20 bits per heavy atom. The predicted octanol–water partition coefficient (Wildman–Crippen LogP) is 4.97. The number of carboxylic acids is 1. The molecule has 0 atom stereocenters. The minimum Gasteiger partial charge on any atom is -0.478 e. The summed E-state index contributed by atoms with van der Waals surface area (Å²) in [6.07, 6.45) is 0. The van der Waals surface area contributed by atoms with E-state index in [9.17, 15) is 4.79 Å². The van der Waals surface area contributed by atoms with Crippen molar-refractivity contribution >= 4 is 50.7 Å². The molecule has 1 N–H and O–H groups in total. The topological polar surface area (TPSA) is 50.2 Å². The van der Waals surface area contributed by atoms with Gasteiger partial charge < -0.3 is 5.11 Å². The molecule has 3 rings (SSSR count). The Morgan fingerprint density at radius 3 is 2.75 bits per heavy atom. The van der Waals surface area contributed by atoms with E-state index in [1.165, 1.54) is 17.4 Å². The molecule has 0 fully saturated rings. The monoisotopic (exact) mass is 323 g/mol. The summed E-state index contributed by atoms with van der Waals surface area (Å²) in [6, 6.07) is 10.2. The van der Waals surface area contributed by atoms with E-state index in [-0.39, 0.29) is 5.56 Å². The largest absolute Gasteiger partial charge is 0.478 e. The number of aromatic nitrogens is 1. The van der Waals surface area contributed by atoms with Crippen LogP contribution >= 0.6 is 34.5 Å². The number of carboxylic acid groups (broad SMARTS) is 1. The molecule has 6 heteroatoms. The Labute approximate surface area is 128 Å². The second kappa shape index (κ2) is 5.05. The van der Waals surface area contributed by atoms with Gasteiger partial charge in [-0.15, -0.1) is 11.3 Å². The van der Waals surface area contributed by atoms with Crippen LogP contribution in [-0.4, -0.2) is 16.1 Å². The highest BCUT2D eigenvalue weighted by atomic mass is 35.5. The fourth-order valence-electron chi connectivity index (χ4n) is 1.84. The molecule has 0 radical (unpaired) electrons. The fourth-order valence-corrected chi connectivity index (χ4v) is 3.32. The van der Waals surface area contributed by atoms with Crippen molar-refractivity contribution in [3.8, 4) is 10.6 Å². The number of hydrogen-bond acceptors (Lipinski definition) is 3. The molecule has 0 spiro atoms. The van der Waals surface area contributed by atoms with Crippen molar-refractivity contribution in [3.05, 3.63) is 52.0 Å². The molecule has 0 aliphatic rings. The zero-order chi connectivity index (χ0) is 14.3. The summed E-state index contributed by atoms with van der Waals surface area (Å²) >= 11 is 13.6. The Bertz CT molecular complexity index is 829. The highest BCUT2D eigenvalue weighted by Gasteiger charge is 2.13. The molecule has 0 saturated carbocycles. The molecule has 20 heavy (non-hydrogen) atoms. The summed E-state index contributed by atoms with van der Waals surface area (Å²) in [4.78, 5) is 15.4. The molecule has 0 saturated heterocycles. The normalized spacial score (nSPS) is 10.9. The molecule has 0 amide bonds. The third kappa shape index (κ3) is 2.26. The van der Waals surface area contributed by atoms with Crippen LogP contribution in [0.15, 0.2) is 36.4 Å². The van der Waals surface area contributed by atoms with E-state index in [1.807, 2.05) is 6.07 Å². The highest BCUT2D eigenvalue weighted by molar-refractivity contribution is 7.21. The number of thiazole rings is 1. The van der Waals surface area contributed by atoms with Crippen LogP contribution in [0.2, 0.25) is 10.0 Å². The molecule has 1 aromatic heterocycles. The molecule has 1 heterocycles. The summed E-state index contributed by atoms with van der Waals surface area (Å²) in [6.45, 7) is 0. The van der Waals surface area contributed by atoms with E-state index in [0.717, 1.165) is 20.8 Å². The van der Waals surface area contributed by atoms with Crippen LogP contribution in [0.5, 0.6) is 0 Å². The second-order valence-electron chi connectivity index (χ2n) is 4.11. The van der Waals surface area contributed by atoms with Crippen molar-refractivity contribution in [2.45, 2.75) is 0 Å². The van der Waals surface area contributed by atoms with Crippen molar-refractivity contribution in [1.29, 1.82) is 0 Å². The van der Waals surface area contributed by atoms with Crippen LogP contribution in [0.1, 0.15) is 10.4 Å². The maximum Gasteiger partial charge on any atom is 0.335 e. The van der Waals surface area contributed by atoms with Crippen LogP contribution in [0, 0.1) is 0 Å². The predicted molar refractivity (Wildman–Crippen MR) is 82.0 cm³/mol. The summed E-state index contributed by atoms with van der Waals surface area (Å²) < 4.78 is 0.802. The van der Waals surface area contributed by atoms with Crippen LogP contribution in [0.3, 0.4) is 0 Å². The zero-order valence-corrected chi connectivity index (χ0v) is 12.3. The highest BCUT2D eigenvalue weighted by Crippen LogP contribution is 2.37. The van der Waals surface area contributed by atoms with Gasteiger partial charge in [-0.2, -0.15) is 0 Å². The lowest BCUT2D eigenvalue weighted by molar-refractivity contribution is 0.0697. The van der Waals surface area contributed by atoms with Crippen molar-refractivity contribution < 1.29 is 9.90 Å². The molecule has 3 aromatic rings. The van der Waals surface area contributed by atoms with Gasteiger partial charge in [0.25, 0.3) is 0 Å². The Morgan fingerprint density at radius 2 is 2.00 bits per heavy atom. The minimum atomic E-state index is -0.956. The van der Waals surface area contributed by atoms with E-state index in [2.05, 4.69) is 4.98 Å². The van der Waals surface area contributed by atoms with Gasteiger partial charge in [0.1, 0.15) is 5.01 Å². The van der Waals surface area contributed by atoms with Crippen LogP contribution < -0.4 is 0 Å². The van der Waals surface area contributed by atoms with Crippen molar-refractivity contribution in [2.24, 2.45) is 0 Å². The van der Waals surface area contributed by atoms with Gasteiger partial charge in [-0.3, -0.25) is 0 Å². The standard InChI is InChI=1S/C14H7Cl2NO2S/c15-9-3-1-2-8(12(9)16)13-17-10-5-4-7(14(18)19)6-11(10)20-13/h1-6H,(H,18,19). The van der Waals surface area contributed by atoms with Gasteiger partial charge in [0.05, 0.1) is 25.8 Å². The lowest BCUT2D eigenvalue weighted by Gasteiger charge is -2.00. The van der Waals surface area contributed by atoms with Crippen LogP contribution in [0.25, 0.3) is 20.8 Å². The van der Waals surface area contributed by atoms with Crippen molar-refractivity contribution in [1.82, 2.24) is 4.98 Å². The Balaban J connectivity index is 2.18. The Hall–Kier alpha value is -1.62. The smallest absolute Gasteiger partial charge is 0.335 e. The number of carbonyl (C=O) groups is 1. The molecule has 0 bridgehead atoms. The molecular weight excluding hydrogens is 317 g/mol. The summed E-state index contributed by atoms with van der Waals surface area (Å²) in [5.41, 5.74) is 1.73. The summed E-state index contributed by atoms with van der Waals surface area (Å²) in [5.74, 6) is -0.956. The van der Waals surface area contributed by atoms with Gasteiger partial charge in [0.15, 0.2) is 0 Å². The van der Waals surface area contributed by atoms with Crippen molar-refractivity contribution in [2.75, 3.05) is 0 Å². The third-order valence-corrected chi connectivity index (χ3v) is 4.69. The first kappa shape index (κ1) is 13.4. The van der Waals surface area contributed by atoms with Gasteiger partial charge >= 0.3 is 5.97 Å². The van der Waals surface area contributed by atoms with Crippen LogP contribution in [0.4, 0.5) is 0 Å². The summed E-state index contributed by atoms with van der Waals surface area (Å²) in [5, 5.41) is 10.6. The maximum atomic E-state index is 11.0. The number of aromatic carboxylic acids is 1. The first-order chi connectivity index (χ1) is 9.56. The van der Waals surface area contributed by atoms with E-state index in [1.54, 1.807) is 24.3 Å². The minimum absolute atomic E-state index is 0.241. The fraction of sp³-hybridized carbons (Fsp3) is 0. The molecule has 0 unspecified atom stereocenters. The molecular formula is C14H7Cl2NO2S. The van der Waals surface area contributed by atoms with E-state index < -0.39 is 5.97 Å². The average Bonchev–Trinajstić information content (AvgIpc) is 2.84. The number of hydrogen-bond donors (Lipinski definition) is 1. The van der Waals surface area contributed by atoms with Gasteiger partial charge in [0, 0.05) is 5.56 Å². The van der Waals surface area contributed by atoms with Gasteiger partial charge in [-0.05, 0) is 24.3 Å². The molecule has 0 aliphatic carbocycles. The lowest BCUT2D eigenvalue weighted by atomic mass is 10.2. The second-order valence-corrected chi connectivity index (χ2v) is 5.92. The third-order valence-electron chi connectivity index (χ3n) is 2.82. The number of rotatable bonds is 2. The number of nitrogens with zero attached hydrogens (tertiary/aromatic N) is 1. The summed E-state index contributed by atoms with van der Waals surface area (Å²) in [7, 11) is 0. The van der Waals surface area contributed by atoms with Crippen LogP contribution in [-0.2, 0) is 0 Å². The Kier molecular flexibility index (Phi) is 3.38. The lowest BCUT2D eigenvalue weighted by Crippen LogP contribution is -1.94. The number of fused-ring (bicyclic) bond motifs is 1. The van der Waals surface area contributed by atoms with E-state index in [4.69, 9.17) is 28.3 Å². The van der Waals surface area contributed by atoms with E-state index >= 15 is 0 Å². The first-order valence-corrected chi connectivity index (χ1v) is 7.22. The van der Waals surface area contributed by atoms with E-state index in [0.29, 0.717) is 10.0 Å². The first-order valence-electron chi connectivity index (χ1n) is 5.64. The zero-order valence-electron chi connectivity index (χ0n) is 9.93. The van der Waals surface area contributed by atoms with Gasteiger partial charge in [-0.25, -0.2) is 9.78 Å². The molecule has 2 aromatic carbocycles. The average molecular weight is 324 g/mol. The number of benzene rings is 2. The number of halogens is 2. The SMILES string of the molecule is O=C(O)c1ccc2nc(-c3cccc(Cl)c3Cl)sc2c1. The van der Waals surface area contributed by atoms with Gasteiger partial charge in [-0.1, -0.05) is 35.3 Å². The quantitative estimate of drug-likeness (QED) is 0.724. The van der Waals surface area contributed by atoms with Gasteiger partial charge in [0.2, 0.25) is 0 Å². The molecule has 3 nitrogen and oxygen atoms in total.